The van der Waals surface area contributed by atoms with Crippen LogP contribution in [0.5, 0.6) is 5.88 Å². The quantitative estimate of drug-likeness (QED) is 0.916. The van der Waals surface area contributed by atoms with Crippen molar-refractivity contribution in [2.75, 3.05) is 12.4 Å². The molecule has 0 aliphatic carbocycles. The van der Waals surface area contributed by atoms with Crippen molar-refractivity contribution < 1.29 is 9.53 Å². The molecule has 1 amide bonds. The molecular formula is C14H17N3O2. The van der Waals surface area contributed by atoms with Crippen LogP contribution in [0, 0.1) is 0 Å². The first kappa shape index (κ1) is 13.1. The number of hydrogen-bond acceptors (Lipinski definition) is 3. The zero-order valence-corrected chi connectivity index (χ0v) is 11.3. The fourth-order valence-corrected chi connectivity index (χ4v) is 1.91. The van der Waals surface area contributed by atoms with Crippen LogP contribution < -0.4 is 10.1 Å². The van der Waals surface area contributed by atoms with Crippen molar-refractivity contribution >= 4 is 11.6 Å². The molecule has 1 N–H and O–H groups in total. The van der Waals surface area contributed by atoms with Crippen molar-refractivity contribution in [3.8, 4) is 5.88 Å². The smallest absolute Gasteiger partial charge is 0.262 e. The maximum absolute atomic E-state index is 12.2. The van der Waals surface area contributed by atoms with Gasteiger partial charge in [-0.2, -0.15) is 0 Å². The van der Waals surface area contributed by atoms with E-state index in [1.807, 2.05) is 24.3 Å². The molecule has 0 fully saturated rings. The van der Waals surface area contributed by atoms with Gasteiger partial charge >= 0.3 is 0 Å². The number of ether oxygens (including phenoxy) is 1. The number of para-hydroxylation sites is 1. The second-order valence-corrected chi connectivity index (χ2v) is 4.19. The summed E-state index contributed by atoms with van der Waals surface area (Å²) in [6, 6.07) is 7.74. The van der Waals surface area contributed by atoms with Crippen LogP contribution in [0.2, 0.25) is 0 Å². The van der Waals surface area contributed by atoms with Gasteiger partial charge < -0.3 is 10.1 Å². The Hall–Kier alpha value is -2.30. The molecule has 19 heavy (non-hydrogen) atoms. The molecule has 5 nitrogen and oxygen atoms in total. The lowest BCUT2D eigenvalue weighted by molar-refractivity contribution is 0.102. The van der Waals surface area contributed by atoms with Crippen LogP contribution in [0.4, 0.5) is 5.69 Å². The molecule has 2 rings (SSSR count). The first-order chi connectivity index (χ1) is 9.15. The Kier molecular flexibility index (Phi) is 3.85. The van der Waals surface area contributed by atoms with Crippen molar-refractivity contribution in [3.63, 3.8) is 0 Å². The Morgan fingerprint density at radius 1 is 1.42 bits per heavy atom. The number of anilines is 1. The first-order valence-electron chi connectivity index (χ1n) is 6.12. The lowest BCUT2D eigenvalue weighted by Crippen LogP contribution is -2.13. The fraction of sp³-hybridized carbons (Fsp3) is 0.286. The van der Waals surface area contributed by atoms with Gasteiger partial charge in [0.25, 0.3) is 5.91 Å². The van der Waals surface area contributed by atoms with Crippen molar-refractivity contribution in [3.05, 3.63) is 41.6 Å². The highest BCUT2D eigenvalue weighted by atomic mass is 16.5. The Morgan fingerprint density at radius 3 is 2.84 bits per heavy atom. The van der Waals surface area contributed by atoms with Crippen LogP contribution in [0.3, 0.4) is 0 Å². The van der Waals surface area contributed by atoms with Gasteiger partial charge in [0.15, 0.2) is 0 Å². The number of benzene rings is 1. The maximum atomic E-state index is 12.2. The summed E-state index contributed by atoms with van der Waals surface area (Å²) in [5.41, 5.74) is 2.34. The monoisotopic (exact) mass is 259 g/mol. The standard InChI is InChI=1S/C14H17N3O2/c1-4-10-7-5-6-8-12(10)15-13(18)11-9-17(2)16-14(11)19-3/h5-9H,4H2,1-3H3,(H,15,18). The van der Waals surface area contributed by atoms with Crippen LogP contribution in [0.15, 0.2) is 30.5 Å². The number of nitrogens with zero attached hydrogens (tertiary/aromatic N) is 2. The third kappa shape index (κ3) is 2.76. The average molecular weight is 259 g/mol. The highest BCUT2D eigenvalue weighted by molar-refractivity contribution is 6.06. The van der Waals surface area contributed by atoms with Gasteiger partial charge in [-0.15, -0.1) is 5.10 Å². The minimum absolute atomic E-state index is 0.217. The minimum atomic E-state index is -0.217. The molecule has 0 bridgehead atoms. The number of aryl methyl sites for hydroxylation is 2. The largest absolute Gasteiger partial charge is 0.479 e. The van der Waals surface area contributed by atoms with E-state index < -0.39 is 0 Å². The Bertz CT molecular complexity index is 590. The first-order valence-corrected chi connectivity index (χ1v) is 6.12. The molecule has 100 valence electrons. The van der Waals surface area contributed by atoms with E-state index in [4.69, 9.17) is 4.74 Å². The third-order valence-corrected chi connectivity index (χ3v) is 2.88. The second-order valence-electron chi connectivity index (χ2n) is 4.19. The summed E-state index contributed by atoms with van der Waals surface area (Å²) < 4.78 is 6.64. The van der Waals surface area contributed by atoms with E-state index in [9.17, 15) is 4.79 Å². The van der Waals surface area contributed by atoms with Crippen LogP contribution in [0.1, 0.15) is 22.8 Å². The molecule has 5 heteroatoms. The number of carbonyl (C=O) groups excluding carboxylic acids is 1. The van der Waals surface area contributed by atoms with Crippen LogP contribution in [0.25, 0.3) is 0 Å². The topological polar surface area (TPSA) is 56.2 Å². The zero-order chi connectivity index (χ0) is 13.8. The number of carbonyl (C=O) groups is 1. The van der Waals surface area contributed by atoms with E-state index in [0.717, 1.165) is 17.7 Å². The molecule has 0 aliphatic heterocycles. The maximum Gasteiger partial charge on any atom is 0.262 e. The average Bonchev–Trinajstić information content (AvgIpc) is 2.80. The number of amides is 1. The SMILES string of the molecule is CCc1ccccc1NC(=O)c1cn(C)nc1OC. The molecule has 0 radical (unpaired) electrons. The summed E-state index contributed by atoms with van der Waals surface area (Å²) in [6.45, 7) is 2.05. The molecule has 0 aliphatic rings. The predicted octanol–water partition coefficient (Wildman–Crippen LogP) is 2.24. The van der Waals surface area contributed by atoms with E-state index in [0.29, 0.717) is 11.4 Å². The van der Waals surface area contributed by atoms with Gasteiger partial charge in [-0.1, -0.05) is 25.1 Å². The second kappa shape index (κ2) is 5.56. The van der Waals surface area contributed by atoms with Gasteiger partial charge in [-0.05, 0) is 18.1 Å². The van der Waals surface area contributed by atoms with Crippen molar-refractivity contribution in [2.45, 2.75) is 13.3 Å². The van der Waals surface area contributed by atoms with E-state index in [-0.39, 0.29) is 5.91 Å². The number of aromatic nitrogens is 2. The van der Waals surface area contributed by atoms with Gasteiger partial charge in [0.2, 0.25) is 5.88 Å². The normalized spacial score (nSPS) is 10.3. The van der Waals surface area contributed by atoms with Crippen LogP contribution >= 0.6 is 0 Å². The molecule has 1 heterocycles. The highest BCUT2D eigenvalue weighted by Crippen LogP contribution is 2.20. The van der Waals surface area contributed by atoms with Gasteiger partial charge in [0.1, 0.15) is 5.56 Å². The molecule has 0 spiro atoms. The van der Waals surface area contributed by atoms with Crippen molar-refractivity contribution in [2.24, 2.45) is 7.05 Å². The number of hydrogen-bond donors (Lipinski definition) is 1. The highest BCUT2D eigenvalue weighted by Gasteiger charge is 2.17. The number of methoxy groups -OCH3 is 1. The summed E-state index contributed by atoms with van der Waals surface area (Å²) in [6.07, 6.45) is 2.50. The molecule has 0 unspecified atom stereocenters. The molecular weight excluding hydrogens is 242 g/mol. The lowest BCUT2D eigenvalue weighted by atomic mass is 10.1. The Morgan fingerprint density at radius 2 is 2.16 bits per heavy atom. The van der Waals surface area contributed by atoms with Crippen LogP contribution in [-0.4, -0.2) is 22.8 Å². The van der Waals surface area contributed by atoms with Gasteiger partial charge in [0.05, 0.1) is 7.11 Å². The summed E-state index contributed by atoms with van der Waals surface area (Å²) in [7, 11) is 3.25. The number of rotatable bonds is 4. The summed E-state index contributed by atoms with van der Waals surface area (Å²) in [5, 5.41) is 6.96. The fourth-order valence-electron chi connectivity index (χ4n) is 1.91. The van der Waals surface area contributed by atoms with E-state index in [1.165, 1.54) is 7.11 Å². The van der Waals surface area contributed by atoms with Gasteiger partial charge in [-0.25, -0.2) is 0 Å². The lowest BCUT2D eigenvalue weighted by Gasteiger charge is -2.09. The van der Waals surface area contributed by atoms with E-state index >= 15 is 0 Å². The van der Waals surface area contributed by atoms with E-state index in [1.54, 1.807) is 17.9 Å². The summed E-state index contributed by atoms with van der Waals surface area (Å²) in [5.74, 6) is 0.111. The van der Waals surface area contributed by atoms with Gasteiger partial charge in [-0.3, -0.25) is 9.48 Å². The zero-order valence-electron chi connectivity index (χ0n) is 11.3. The summed E-state index contributed by atoms with van der Waals surface area (Å²) >= 11 is 0. The predicted molar refractivity (Wildman–Crippen MR) is 73.5 cm³/mol. The van der Waals surface area contributed by atoms with E-state index in [2.05, 4.69) is 17.3 Å². The molecule has 1 aromatic carbocycles. The summed E-state index contributed by atoms with van der Waals surface area (Å²) in [4.78, 5) is 12.2. The Balaban J connectivity index is 2.25. The third-order valence-electron chi connectivity index (χ3n) is 2.88. The minimum Gasteiger partial charge on any atom is -0.479 e. The van der Waals surface area contributed by atoms with Gasteiger partial charge in [0, 0.05) is 18.9 Å². The Labute approximate surface area is 112 Å². The van der Waals surface area contributed by atoms with Crippen molar-refractivity contribution in [1.29, 1.82) is 0 Å². The van der Waals surface area contributed by atoms with Crippen LogP contribution in [-0.2, 0) is 13.5 Å². The molecule has 1 aromatic heterocycles. The van der Waals surface area contributed by atoms with Crippen molar-refractivity contribution in [1.82, 2.24) is 9.78 Å². The number of nitrogens with one attached hydrogen (secondary N) is 1. The molecule has 0 atom stereocenters. The molecule has 2 aromatic rings. The molecule has 0 saturated heterocycles. The molecule has 0 saturated carbocycles.